The van der Waals surface area contributed by atoms with Crippen LogP contribution >= 0.6 is 8.17 Å². The summed E-state index contributed by atoms with van der Waals surface area (Å²) in [6.45, 7) is 0. The molecule has 0 atom stereocenters. The molecule has 0 aliphatic carbocycles. The largest absolute Gasteiger partial charge is 0.767 e. The summed E-state index contributed by atoms with van der Waals surface area (Å²) >= 11 is 0. The van der Waals surface area contributed by atoms with Gasteiger partial charge in [0.15, 0.2) is 46.0 Å². The van der Waals surface area contributed by atoms with Crippen LogP contribution in [0.3, 0.4) is 0 Å². The monoisotopic (exact) mass is 763 g/mol. The highest BCUT2D eigenvalue weighted by atomic mass is 31.2. The SMILES string of the molecule is COc1cc(OC)c(O[P+](Oc2c(OC)cc(OC)cc2OC)(Oc2c(OC)cc(OC)cc2OC)Oc2c(OC)cc(OC)cc2OC)c(OC)c1. The van der Waals surface area contributed by atoms with E-state index in [0.29, 0.717) is 23.0 Å². The third kappa shape index (κ3) is 8.60. The van der Waals surface area contributed by atoms with Crippen molar-refractivity contribution >= 4 is 8.17 Å². The fourth-order valence-corrected chi connectivity index (χ4v) is 6.65. The van der Waals surface area contributed by atoms with E-state index in [4.69, 9.17) is 74.9 Å². The Hall–Kier alpha value is -5.89. The summed E-state index contributed by atoms with van der Waals surface area (Å²) in [5.74, 6) is 2.71. The highest BCUT2D eigenvalue weighted by Crippen LogP contribution is 2.69. The van der Waals surface area contributed by atoms with Gasteiger partial charge >= 0.3 is 8.17 Å². The summed E-state index contributed by atoms with van der Waals surface area (Å²) in [5.41, 5.74) is 0. The van der Waals surface area contributed by atoms with Crippen molar-refractivity contribution in [2.45, 2.75) is 0 Å². The molecule has 0 N–H and O–H groups in total. The topological polar surface area (TPSA) is 148 Å². The second-order valence-electron chi connectivity index (χ2n) is 10.3. The van der Waals surface area contributed by atoms with Gasteiger partial charge in [0.05, 0.1) is 85.3 Å². The molecule has 0 aromatic heterocycles. The van der Waals surface area contributed by atoms with Crippen LogP contribution in [0.1, 0.15) is 0 Å². The number of methoxy groups -OCH3 is 12. The quantitative estimate of drug-likeness (QED) is 0.0844. The van der Waals surface area contributed by atoms with Gasteiger partial charge in [-0.15, -0.1) is 0 Å². The summed E-state index contributed by atoms with van der Waals surface area (Å²) in [6.07, 6.45) is 0. The van der Waals surface area contributed by atoms with E-state index in [9.17, 15) is 0 Å². The van der Waals surface area contributed by atoms with Crippen LogP contribution in [0.2, 0.25) is 0 Å². The Morgan fingerprint density at radius 1 is 0.245 bits per heavy atom. The molecule has 288 valence electrons. The van der Waals surface area contributed by atoms with Crippen molar-refractivity contribution in [1.29, 1.82) is 0 Å². The molecule has 0 heterocycles. The Kier molecular flexibility index (Phi) is 13.6. The van der Waals surface area contributed by atoms with Crippen LogP contribution < -0.4 is 74.9 Å². The van der Waals surface area contributed by atoms with Crippen LogP contribution in [0.25, 0.3) is 0 Å². The van der Waals surface area contributed by atoms with Crippen LogP contribution in [0, 0.1) is 0 Å². The Labute approximate surface area is 308 Å². The molecule has 0 saturated heterocycles. The molecular formula is C36H44O16P+. The Morgan fingerprint density at radius 3 is 0.509 bits per heavy atom. The maximum Gasteiger partial charge on any atom is 0.767 e. The molecule has 0 bridgehead atoms. The van der Waals surface area contributed by atoms with Gasteiger partial charge in [0, 0.05) is 48.5 Å². The molecule has 0 aliphatic rings. The van der Waals surface area contributed by atoms with E-state index in [1.165, 1.54) is 85.3 Å². The molecule has 4 rings (SSSR count). The Morgan fingerprint density at radius 2 is 0.396 bits per heavy atom. The highest BCUT2D eigenvalue weighted by Gasteiger charge is 2.61. The van der Waals surface area contributed by atoms with Crippen molar-refractivity contribution in [2.75, 3.05) is 85.3 Å². The average molecular weight is 764 g/mol. The third-order valence-electron chi connectivity index (χ3n) is 7.49. The minimum atomic E-state index is -4.60. The molecule has 16 nitrogen and oxygen atoms in total. The molecular weight excluding hydrogens is 719 g/mol. The van der Waals surface area contributed by atoms with Crippen LogP contribution in [0.4, 0.5) is 0 Å². The maximum atomic E-state index is 6.84. The van der Waals surface area contributed by atoms with Crippen molar-refractivity contribution in [3.63, 3.8) is 0 Å². The zero-order valence-corrected chi connectivity index (χ0v) is 32.5. The second kappa shape index (κ2) is 18.0. The summed E-state index contributed by atoms with van der Waals surface area (Å²) in [5, 5.41) is 0. The first-order valence-electron chi connectivity index (χ1n) is 15.5. The predicted octanol–water partition coefficient (Wildman–Crippen LogP) is 7.08. The fraction of sp³-hybridized carbons (Fsp3) is 0.333. The summed E-state index contributed by atoms with van der Waals surface area (Å²) in [7, 11) is 12.9. The van der Waals surface area contributed by atoms with Gasteiger partial charge in [-0.25, -0.2) is 18.1 Å². The van der Waals surface area contributed by atoms with Gasteiger partial charge in [-0.1, -0.05) is 0 Å². The minimum Gasteiger partial charge on any atom is -0.496 e. The molecule has 4 aromatic carbocycles. The Bertz CT molecular complexity index is 1480. The lowest BCUT2D eigenvalue weighted by molar-refractivity contribution is 0.226. The van der Waals surface area contributed by atoms with Crippen molar-refractivity contribution in [3.05, 3.63) is 48.5 Å². The van der Waals surface area contributed by atoms with E-state index in [1.807, 2.05) is 0 Å². The van der Waals surface area contributed by atoms with Crippen LogP contribution in [0.15, 0.2) is 48.5 Å². The van der Waals surface area contributed by atoms with Gasteiger partial charge in [0.2, 0.25) is 0 Å². The van der Waals surface area contributed by atoms with E-state index in [-0.39, 0.29) is 69.0 Å². The van der Waals surface area contributed by atoms with Gasteiger partial charge in [0.25, 0.3) is 23.0 Å². The smallest absolute Gasteiger partial charge is 0.496 e. The standard InChI is InChI=1S/C36H44O16P/c1-37-21-13-25(41-5)33(26(14-21)42-6)49-53(50-34-27(43-7)15-22(38-2)16-28(34)44-8,51-35-29(45-9)17-23(39-3)18-30(35)46-10)52-36-31(47-11)19-24(40-4)20-32(36)48-12/h13-20H,1-12H3/q+1. The second-order valence-corrected chi connectivity index (χ2v) is 11.9. The van der Waals surface area contributed by atoms with Gasteiger partial charge in [0.1, 0.15) is 23.0 Å². The van der Waals surface area contributed by atoms with E-state index in [0.717, 1.165) is 0 Å². The number of benzene rings is 4. The molecule has 53 heavy (non-hydrogen) atoms. The number of rotatable bonds is 20. The van der Waals surface area contributed by atoms with E-state index >= 15 is 0 Å². The zero-order valence-electron chi connectivity index (χ0n) is 31.6. The van der Waals surface area contributed by atoms with Gasteiger partial charge in [-0.05, 0) is 0 Å². The molecule has 0 saturated carbocycles. The summed E-state index contributed by atoms with van der Waals surface area (Å²) in [6, 6.07) is 12.6. The summed E-state index contributed by atoms with van der Waals surface area (Å²) < 4.78 is 95.3. The lowest BCUT2D eigenvalue weighted by Gasteiger charge is -2.25. The van der Waals surface area contributed by atoms with Crippen LogP contribution in [-0.2, 0) is 0 Å². The van der Waals surface area contributed by atoms with Gasteiger partial charge in [-0.2, -0.15) is 0 Å². The predicted molar refractivity (Wildman–Crippen MR) is 194 cm³/mol. The average Bonchev–Trinajstić information content (AvgIpc) is 3.20. The molecule has 0 aliphatic heterocycles. The highest BCUT2D eigenvalue weighted by molar-refractivity contribution is 7.58. The normalized spacial score (nSPS) is 10.6. The van der Waals surface area contributed by atoms with Crippen molar-refractivity contribution in [2.24, 2.45) is 0 Å². The summed E-state index contributed by atoms with van der Waals surface area (Å²) in [4.78, 5) is 0. The number of hydrogen-bond donors (Lipinski definition) is 0. The van der Waals surface area contributed by atoms with E-state index in [1.54, 1.807) is 48.5 Å². The molecule has 0 unspecified atom stereocenters. The van der Waals surface area contributed by atoms with Crippen molar-refractivity contribution in [1.82, 2.24) is 0 Å². The Balaban J connectivity index is 2.19. The van der Waals surface area contributed by atoms with Crippen LogP contribution in [-0.4, -0.2) is 85.3 Å². The van der Waals surface area contributed by atoms with E-state index in [2.05, 4.69) is 0 Å². The molecule has 0 spiro atoms. The zero-order chi connectivity index (χ0) is 38.7. The minimum absolute atomic E-state index is 0.0199. The number of ether oxygens (including phenoxy) is 12. The first kappa shape index (κ1) is 39.9. The lowest BCUT2D eigenvalue weighted by Crippen LogP contribution is -2.23. The van der Waals surface area contributed by atoms with Crippen molar-refractivity contribution < 1.29 is 74.9 Å². The first-order valence-corrected chi connectivity index (χ1v) is 17.0. The molecule has 0 amide bonds. The third-order valence-corrected chi connectivity index (χ3v) is 9.12. The molecule has 4 aromatic rings. The van der Waals surface area contributed by atoms with Gasteiger partial charge in [-0.3, -0.25) is 0 Å². The molecule has 0 radical (unpaired) electrons. The maximum absolute atomic E-state index is 6.84. The fourth-order valence-electron chi connectivity index (χ4n) is 4.81. The molecule has 0 fully saturated rings. The first-order chi connectivity index (χ1) is 25.6. The lowest BCUT2D eigenvalue weighted by atomic mass is 10.2. The van der Waals surface area contributed by atoms with Crippen molar-refractivity contribution in [3.8, 4) is 92.0 Å². The molecule has 17 heteroatoms. The van der Waals surface area contributed by atoms with E-state index < -0.39 is 8.17 Å². The number of hydrogen-bond acceptors (Lipinski definition) is 16. The van der Waals surface area contributed by atoms with Gasteiger partial charge < -0.3 is 56.8 Å². The van der Waals surface area contributed by atoms with Crippen LogP contribution in [0.5, 0.6) is 92.0 Å².